The van der Waals surface area contributed by atoms with Crippen LogP contribution in [0.15, 0.2) is 30.3 Å². The minimum Gasteiger partial charge on any atom is -0.476 e. The highest BCUT2D eigenvalue weighted by Crippen LogP contribution is 2.23. The maximum atomic E-state index is 13.3. The monoisotopic (exact) mass is 383 g/mol. The zero-order valence-electron chi connectivity index (χ0n) is 14.2. The van der Waals surface area contributed by atoms with Crippen molar-refractivity contribution in [2.45, 2.75) is 19.1 Å². The van der Waals surface area contributed by atoms with E-state index in [-0.39, 0.29) is 11.5 Å². The lowest BCUT2D eigenvalue weighted by Crippen LogP contribution is -2.30. The van der Waals surface area contributed by atoms with E-state index in [0.717, 1.165) is 17.8 Å². The van der Waals surface area contributed by atoms with Crippen LogP contribution in [-0.4, -0.2) is 42.6 Å². The van der Waals surface area contributed by atoms with Gasteiger partial charge in [-0.3, -0.25) is 0 Å². The molecule has 1 unspecified atom stereocenters. The van der Waals surface area contributed by atoms with Crippen molar-refractivity contribution in [1.29, 1.82) is 0 Å². The van der Waals surface area contributed by atoms with Crippen LogP contribution in [0.2, 0.25) is 0 Å². The van der Waals surface area contributed by atoms with Gasteiger partial charge < -0.3 is 4.74 Å². The fraction of sp³-hybridized carbons (Fsp3) is 0.412. The van der Waals surface area contributed by atoms with Gasteiger partial charge in [0, 0.05) is 31.1 Å². The number of halogens is 2. The Morgan fingerprint density at radius 2 is 1.92 bits per heavy atom. The van der Waals surface area contributed by atoms with Crippen LogP contribution in [0.1, 0.15) is 17.7 Å². The van der Waals surface area contributed by atoms with Gasteiger partial charge in [0.15, 0.2) is 0 Å². The molecule has 0 aliphatic carbocycles. The zero-order valence-corrected chi connectivity index (χ0v) is 15.0. The molecule has 0 saturated carbocycles. The summed E-state index contributed by atoms with van der Waals surface area (Å²) in [5, 5.41) is 7.80. The average Bonchev–Trinajstić information content (AvgIpc) is 3.03. The van der Waals surface area contributed by atoms with Gasteiger partial charge in [-0.15, -0.1) is 5.10 Å². The number of aryl methyl sites for hydroxylation is 1. The molecule has 26 heavy (non-hydrogen) atoms. The lowest BCUT2D eigenvalue weighted by molar-refractivity contribution is 0.244. The summed E-state index contributed by atoms with van der Waals surface area (Å²) in [4.78, 5) is 0. The Bertz CT molecular complexity index is 855. The van der Waals surface area contributed by atoms with Crippen molar-refractivity contribution in [2.75, 3.05) is 19.7 Å². The number of hydrogen-bond donors (Lipinski definition) is 0. The third kappa shape index (κ3) is 4.73. The standard InChI is InChI=1S/C17H19F2N3O3S/c1-12-2-3-17(21-20-12)25-10-13-4-5-22(9-13)26(23,24)11-14-6-15(18)8-16(19)7-14/h2-3,6-8,13H,4-5,9-11H2,1H3. The highest BCUT2D eigenvalue weighted by Gasteiger charge is 2.32. The van der Waals surface area contributed by atoms with Gasteiger partial charge >= 0.3 is 0 Å². The van der Waals surface area contributed by atoms with E-state index >= 15 is 0 Å². The number of ether oxygens (including phenoxy) is 1. The van der Waals surface area contributed by atoms with Gasteiger partial charge in [0.25, 0.3) is 0 Å². The van der Waals surface area contributed by atoms with Gasteiger partial charge in [-0.1, -0.05) is 0 Å². The van der Waals surface area contributed by atoms with Crippen molar-refractivity contribution in [1.82, 2.24) is 14.5 Å². The van der Waals surface area contributed by atoms with E-state index in [9.17, 15) is 17.2 Å². The highest BCUT2D eigenvalue weighted by molar-refractivity contribution is 7.88. The number of benzene rings is 1. The van der Waals surface area contributed by atoms with Gasteiger partial charge in [0.1, 0.15) is 11.6 Å². The van der Waals surface area contributed by atoms with Crippen LogP contribution in [0, 0.1) is 24.5 Å². The molecule has 0 bridgehead atoms. The largest absolute Gasteiger partial charge is 0.476 e. The molecule has 6 nitrogen and oxygen atoms in total. The average molecular weight is 383 g/mol. The van der Waals surface area contributed by atoms with Gasteiger partial charge in [0.05, 0.1) is 18.1 Å². The number of sulfonamides is 1. The van der Waals surface area contributed by atoms with Crippen LogP contribution in [0.5, 0.6) is 5.88 Å². The quantitative estimate of drug-likeness (QED) is 0.765. The second-order valence-electron chi connectivity index (χ2n) is 6.37. The van der Waals surface area contributed by atoms with E-state index in [1.807, 2.05) is 6.92 Å². The molecular weight excluding hydrogens is 364 g/mol. The predicted octanol–water partition coefficient (Wildman–Crippen LogP) is 2.29. The molecule has 1 fully saturated rings. The van der Waals surface area contributed by atoms with Crippen LogP contribution in [-0.2, 0) is 15.8 Å². The molecule has 1 atom stereocenters. The fourth-order valence-electron chi connectivity index (χ4n) is 2.85. The number of nitrogens with zero attached hydrogens (tertiary/aromatic N) is 3. The van der Waals surface area contributed by atoms with Crippen molar-refractivity contribution in [3.8, 4) is 5.88 Å². The van der Waals surface area contributed by atoms with Crippen LogP contribution in [0.3, 0.4) is 0 Å². The number of rotatable bonds is 6. The molecule has 2 heterocycles. The van der Waals surface area contributed by atoms with Gasteiger partial charge in [-0.05, 0) is 37.1 Å². The Kier molecular flexibility index (Phi) is 5.47. The molecule has 0 radical (unpaired) electrons. The van der Waals surface area contributed by atoms with Gasteiger partial charge in [-0.25, -0.2) is 21.5 Å². The maximum absolute atomic E-state index is 13.3. The SMILES string of the molecule is Cc1ccc(OCC2CCN(S(=O)(=O)Cc3cc(F)cc(F)c3)C2)nn1. The summed E-state index contributed by atoms with van der Waals surface area (Å²) >= 11 is 0. The molecule has 1 aromatic heterocycles. The summed E-state index contributed by atoms with van der Waals surface area (Å²) in [5.41, 5.74) is 0.876. The summed E-state index contributed by atoms with van der Waals surface area (Å²) in [5.74, 6) is -1.59. The molecule has 1 aromatic carbocycles. The Balaban J connectivity index is 1.57. The minimum atomic E-state index is -3.65. The number of aromatic nitrogens is 2. The molecule has 0 spiro atoms. The van der Waals surface area contributed by atoms with Crippen molar-refractivity contribution >= 4 is 10.0 Å². The second-order valence-corrected chi connectivity index (χ2v) is 8.34. The third-order valence-corrected chi connectivity index (χ3v) is 5.97. The van der Waals surface area contributed by atoms with E-state index in [0.29, 0.717) is 38.1 Å². The Morgan fingerprint density at radius 3 is 2.58 bits per heavy atom. The summed E-state index contributed by atoms with van der Waals surface area (Å²) in [6, 6.07) is 6.28. The molecular formula is C17H19F2N3O3S. The van der Waals surface area contributed by atoms with Gasteiger partial charge in [-0.2, -0.15) is 5.10 Å². The zero-order chi connectivity index (χ0) is 18.7. The fourth-order valence-corrected chi connectivity index (χ4v) is 4.44. The summed E-state index contributed by atoms with van der Waals surface area (Å²) in [6.45, 7) is 2.81. The van der Waals surface area contributed by atoms with E-state index in [1.54, 1.807) is 12.1 Å². The van der Waals surface area contributed by atoms with E-state index in [4.69, 9.17) is 4.74 Å². The maximum Gasteiger partial charge on any atom is 0.233 e. The topological polar surface area (TPSA) is 72.4 Å². The van der Waals surface area contributed by atoms with Crippen molar-refractivity contribution < 1.29 is 21.9 Å². The molecule has 1 aliphatic rings. The van der Waals surface area contributed by atoms with Crippen LogP contribution in [0.25, 0.3) is 0 Å². The van der Waals surface area contributed by atoms with Crippen LogP contribution < -0.4 is 4.74 Å². The molecule has 0 amide bonds. The molecule has 9 heteroatoms. The highest BCUT2D eigenvalue weighted by atomic mass is 32.2. The first-order valence-corrected chi connectivity index (χ1v) is 9.79. The first-order chi connectivity index (χ1) is 12.3. The summed E-state index contributed by atoms with van der Waals surface area (Å²) in [6.07, 6.45) is 0.649. The smallest absolute Gasteiger partial charge is 0.233 e. The molecule has 0 N–H and O–H groups in total. The van der Waals surface area contributed by atoms with Crippen molar-refractivity contribution in [3.63, 3.8) is 0 Å². The van der Waals surface area contributed by atoms with E-state index in [2.05, 4.69) is 10.2 Å². The number of hydrogen-bond acceptors (Lipinski definition) is 5. The Hall–Kier alpha value is -2.13. The summed E-state index contributed by atoms with van der Waals surface area (Å²) in [7, 11) is -3.65. The lowest BCUT2D eigenvalue weighted by Gasteiger charge is -2.17. The second kappa shape index (κ2) is 7.63. The van der Waals surface area contributed by atoms with E-state index in [1.165, 1.54) is 4.31 Å². The first-order valence-electron chi connectivity index (χ1n) is 8.18. The normalized spacial score (nSPS) is 18.2. The minimum absolute atomic E-state index is 0.0251. The van der Waals surface area contributed by atoms with Crippen LogP contribution in [0.4, 0.5) is 8.78 Å². The Morgan fingerprint density at radius 1 is 1.19 bits per heavy atom. The molecule has 2 aromatic rings. The summed E-state index contributed by atoms with van der Waals surface area (Å²) < 4.78 is 58.4. The van der Waals surface area contributed by atoms with Gasteiger partial charge in [0.2, 0.25) is 15.9 Å². The Labute approximate surface area is 150 Å². The van der Waals surface area contributed by atoms with E-state index < -0.39 is 27.4 Å². The third-order valence-electron chi connectivity index (χ3n) is 4.15. The van der Waals surface area contributed by atoms with Crippen molar-refractivity contribution in [3.05, 3.63) is 53.2 Å². The molecule has 140 valence electrons. The predicted molar refractivity (Wildman–Crippen MR) is 90.9 cm³/mol. The van der Waals surface area contributed by atoms with Crippen LogP contribution >= 0.6 is 0 Å². The first kappa shape index (κ1) is 18.7. The molecule has 1 saturated heterocycles. The lowest BCUT2D eigenvalue weighted by atomic mass is 10.1. The van der Waals surface area contributed by atoms with Crippen molar-refractivity contribution in [2.24, 2.45) is 5.92 Å². The molecule has 1 aliphatic heterocycles. The molecule has 3 rings (SSSR count).